The molecule has 0 aliphatic carbocycles. The average molecular weight is 302 g/mol. The van der Waals surface area contributed by atoms with Crippen molar-refractivity contribution in [2.45, 2.75) is 103 Å². The molecule has 0 aromatic rings. The first-order valence-corrected chi connectivity index (χ1v) is 8.72. The van der Waals surface area contributed by atoms with Crippen molar-refractivity contribution < 1.29 is 19.7 Å². The molecule has 2 N–H and O–H groups in total. The highest BCUT2D eigenvalue weighted by molar-refractivity contribution is 5.69. The second-order valence-corrected chi connectivity index (χ2v) is 5.81. The molecule has 0 rings (SSSR count). The Bertz CT molecular complexity index is 229. The maximum atomic E-state index is 11.0. The Hall–Kier alpha value is -0.610. The summed E-state index contributed by atoms with van der Waals surface area (Å²) in [5.41, 5.74) is 0. The first-order valence-electron chi connectivity index (χ1n) is 8.72. The van der Waals surface area contributed by atoms with Gasteiger partial charge in [-0.25, -0.2) is 0 Å². The first kappa shape index (κ1) is 20.4. The lowest BCUT2D eigenvalue weighted by Crippen LogP contribution is -2.16. The van der Waals surface area contributed by atoms with E-state index in [1.54, 1.807) is 0 Å². The summed E-state index contributed by atoms with van der Waals surface area (Å²) >= 11 is 0. The van der Waals surface area contributed by atoms with Crippen LogP contribution in [0.4, 0.5) is 0 Å². The fourth-order valence-corrected chi connectivity index (χ4v) is 2.46. The van der Waals surface area contributed by atoms with Crippen molar-refractivity contribution in [2.75, 3.05) is 0 Å². The molecule has 0 aromatic carbocycles. The summed E-state index contributed by atoms with van der Waals surface area (Å²) in [5, 5.41) is 16.9. The van der Waals surface area contributed by atoms with Crippen LogP contribution in [0.1, 0.15) is 96.8 Å². The first-order chi connectivity index (χ1) is 10.2. The Labute approximate surface area is 129 Å². The lowest BCUT2D eigenvalue weighted by atomic mass is 10.0. The summed E-state index contributed by atoms with van der Waals surface area (Å²) < 4.78 is 4.23. The van der Waals surface area contributed by atoms with Gasteiger partial charge in [-0.05, 0) is 6.42 Å². The van der Waals surface area contributed by atoms with E-state index >= 15 is 0 Å². The maximum Gasteiger partial charge on any atom is 0.313 e. The molecule has 0 fully saturated rings. The molecular weight excluding hydrogens is 268 g/mol. The van der Waals surface area contributed by atoms with Crippen molar-refractivity contribution >= 4 is 5.97 Å². The SMILES string of the molecule is CCCCCCCCCCCCCCCC(=O)OC(O)O. The Morgan fingerprint density at radius 1 is 0.762 bits per heavy atom. The fourth-order valence-electron chi connectivity index (χ4n) is 2.46. The fraction of sp³-hybridized carbons (Fsp3) is 0.941. The zero-order valence-corrected chi connectivity index (χ0v) is 13.7. The molecule has 0 unspecified atom stereocenters. The molecule has 0 radical (unpaired) electrons. The largest absolute Gasteiger partial charge is 0.411 e. The van der Waals surface area contributed by atoms with Crippen LogP contribution in [-0.4, -0.2) is 22.7 Å². The summed E-state index contributed by atoms with van der Waals surface area (Å²) in [7, 11) is 0. The maximum absolute atomic E-state index is 11.0. The highest BCUT2D eigenvalue weighted by Gasteiger charge is 2.06. The van der Waals surface area contributed by atoms with E-state index in [2.05, 4.69) is 11.7 Å². The van der Waals surface area contributed by atoms with Gasteiger partial charge in [0.2, 0.25) is 0 Å². The molecule has 0 aromatic heterocycles. The molecule has 0 bridgehead atoms. The zero-order chi connectivity index (χ0) is 15.8. The third-order valence-corrected chi connectivity index (χ3v) is 3.72. The summed E-state index contributed by atoms with van der Waals surface area (Å²) in [4.78, 5) is 11.0. The Kier molecular flexibility index (Phi) is 15.3. The van der Waals surface area contributed by atoms with Gasteiger partial charge in [0.1, 0.15) is 0 Å². The normalized spacial score (nSPS) is 11.0. The van der Waals surface area contributed by atoms with E-state index in [1.807, 2.05) is 0 Å². The van der Waals surface area contributed by atoms with E-state index in [1.165, 1.54) is 64.2 Å². The van der Waals surface area contributed by atoms with Gasteiger partial charge in [-0.15, -0.1) is 0 Å². The van der Waals surface area contributed by atoms with Crippen LogP contribution < -0.4 is 0 Å². The number of hydrogen-bond acceptors (Lipinski definition) is 4. The molecule has 126 valence electrons. The lowest BCUT2D eigenvalue weighted by Gasteiger charge is -2.05. The number of carbonyl (C=O) groups excluding carboxylic acids is 1. The van der Waals surface area contributed by atoms with Gasteiger partial charge >= 0.3 is 12.4 Å². The molecule has 0 aliphatic heterocycles. The summed E-state index contributed by atoms with van der Waals surface area (Å²) in [6.45, 7) is 0.276. The smallest absolute Gasteiger partial charge is 0.313 e. The van der Waals surface area contributed by atoms with Gasteiger partial charge < -0.3 is 14.9 Å². The van der Waals surface area contributed by atoms with Gasteiger partial charge in [0.25, 0.3) is 0 Å². The lowest BCUT2D eigenvalue weighted by molar-refractivity contribution is -0.229. The standard InChI is InChI=1S/C17H34O4/c1-2-3-4-5-6-7-8-9-10-11-12-13-14-15-16(18)21-17(19)20/h17,19-20H,2-15H2,1H3. The third kappa shape index (κ3) is 17.3. The molecule has 21 heavy (non-hydrogen) atoms. The number of carbonyl (C=O) groups is 1. The van der Waals surface area contributed by atoms with Crippen LogP contribution in [0, 0.1) is 0 Å². The van der Waals surface area contributed by atoms with E-state index in [0.29, 0.717) is 0 Å². The molecule has 0 saturated heterocycles. The van der Waals surface area contributed by atoms with Gasteiger partial charge in [-0.2, -0.15) is 0 Å². The molecular formula is C17H34O4. The molecule has 0 spiro atoms. The van der Waals surface area contributed by atoms with Crippen molar-refractivity contribution in [1.29, 1.82) is 0 Å². The number of hydrogen-bond donors (Lipinski definition) is 2. The van der Waals surface area contributed by atoms with Gasteiger partial charge in [0, 0.05) is 6.42 Å². The van der Waals surface area contributed by atoms with Crippen LogP contribution >= 0.6 is 0 Å². The van der Waals surface area contributed by atoms with Gasteiger partial charge in [0.05, 0.1) is 0 Å². The van der Waals surface area contributed by atoms with Crippen molar-refractivity contribution in [1.82, 2.24) is 0 Å². The van der Waals surface area contributed by atoms with Crippen LogP contribution in [0.5, 0.6) is 0 Å². The van der Waals surface area contributed by atoms with Crippen molar-refractivity contribution in [2.24, 2.45) is 0 Å². The number of aliphatic hydroxyl groups excluding tert-OH is 1. The van der Waals surface area contributed by atoms with Crippen molar-refractivity contribution in [3.05, 3.63) is 0 Å². The Morgan fingerprint density at radius 2 is 1.14 bits per heavy atom. The van der Waals surface area contributed by atoms with E-state index in [0.717, 1.165) is 19.3 Å². The molecule has 0 amide bonds. The van der Waals surface area contributed by atoms with E-state index in [4.69, 9.17) is 10.2 Å². The molecule has 4 heteroatoms. The second-order valence-electron chi connectivity index (χ2n) is 5.81. The van der Waals surface area contributed by atoms with E-state index in [-0.39, 0.29) is 6.42 Å². The van der Waals surface area contributed by atoms with Crippen LogP contribution in [0.25, 0.3) is 0 Å². The van der Waals surface area contributed by atoms with Gasteiger partial charge in [0.15, 0.2) is 0 Å². The Balaban J connectivity index is 3.07. The van der Waals surface area contributed by atoms with E-state index in [9.17, 15) is 4.79 Å². The third-order valence-electron chi connectivity index (χ3n) is 3.72. The zero-order valence-electron chi connectivity index (χ0n) is 13.7. The Morgan fingerprint density at radius 3 is 1.52 bits per heavy atom. The second kappa shape index (κ2) is 15.8. The predicted molar refractivity (Wildman–Crippen MR) is 84.6 cm³/mol. The number of esters is 1. The van der Waals surface area contributed by atoms with Crippen LogP contribution in [0.15, 0.2) is 0 Å². The topological polar surface area (TPSA) is 66.8 Å². The van der Waals surface area contributed by atoms with Gasteiger partial charge in [-0.3, -0.25) is 4.79 Å². The summed E-state index contributed by atoms with van der Waals surface area (Å²) in [5.74, 6) is -0.534. The molecule has 0 saturated carbocycles. The van der Waals surface area contributed by atoms with Crippen LogP contribution in [-0.2, 0) is 9.53 Å². The minimum Gasteiger partial charge on any atom is -0.411 e. The number of aliphatic hydroxyl groups is 2. The summed E-state index contributed by atoms with van der Waals surface area (Å²) in [6, 6.07) is 0. The summed E-state index contributed by atoms with van der Waals surface area (Å²) in [6.07, 6.45) is 16.6. The van der Waals surface area contributed by atoms with Crippen molar-refractivity contribution in [3.8, 4) is 0 Å². The predicted octanol–water partition coefficient (Wildman–Crippen LogP) is 4.28. The average Bonchev–Trinajstić information content (AvgIpc) is 2.43. The number of ether oxygens (including phenoxy) is 1. The molecule has 0 atom stereocenters. The van der Waals surface area contributed by atoms with Gasteiger partial charge in [-0.1, -0.05) is 84.0 Å². The monoisotopic (exact) mass is 302 g/mol. The number of unbranched alkanes of at least 4 members (excludes halogenated alkanes) is 12. The van der Waals surface area contributed by atoms with Crippen LogP contribution in [0.2, 0.25) is 0 Å². The number of rotatable bonds is 15. The highest BCUT2D eigenvalue weighted by Crippen LogP contribution is 2.13. The van der Waals surface area contributed by atoms with Crippen molar-refractivity contribution in [3.63, 3.8) is 0 Å². The van der Waals surface area contributed by atoms with Crippen LogP contribution in [0.3, 0.4) is 0 Å². The molecule has 0 aliphatic rings. The quantitative estimate of drug-likeness (QED) is 0.269. The minimum atomic E-state index is -1.97. The minimum absolute atomic E-state index is 0.273. The molecule has 4 nitrogen and oxygen atoms in total. The molecule has 0 heterocycles. The highest BCUT2D eigenvalue weighted by atomic mass is 16.7. The van der Waals surface area contributed by atoms with E-state index < -0.39 is 12.4 Å².